The predicted molar refractivity (Wildman–Crippen MR) is 67.7 cm³/mol. The van der Waals surface area contributed by atoms with Gasteiger partial charge >= 0.3 is 0 Å². The Balaban J connectivity index is 1.63. The van der Waals surface area contributed by atoms with Crippen LogP contribution in [0.4, 0.5) is 0 Å². The molecule has 0 aromatic carbocycles. The summed E-state index contributed by atoms with van der Waals surface area (Å²) in [4.78, 5) is 4.29. The van der Waals surface area contributed by atoms with Crippen molar-refractivity contribution in [3.8, 4) is 0 Å². The number of pyridine rings is 1. The minimum absolute atomic E-state index is 0.967. The molecule has 0 unspecified atom stereocenters. The zero-order chi connectivity index (χ0) is 11.9. The molecular formula is C13H18N4. The van der Waals surface area contributed by atoms with Crippen LogP contribution in [0.3, 0.4) is 0 Å². The average Bonchev–Trinajstić information content (AvgIpc) is 2.76. The molecule has 4 nitrogen and oxygen atoms in total. The highest BCUT2D eigenvalue weighted by atomic mass is 15.3. The summed E-state index contributed by atoms with van der Waals surface area (Å²) in [5, 5.41) is 7.56. The molecule has 0 aliphatic heterocycles. The van der Waals surface area contributed by atoms with E-state index in [1.165, 1.54) is 5.69 Å². The van der Waals surface area contributed by atoms with Crippen LogP contribution in [-0.2, 0) is 19.9 Å². The minimum atomic E-state index is 0.967. The molecule has 0 saturated heterocycles. The zero-order valence-corrected chi connectivity index (χ0v) is 10.1. The molecule has 0 aliphatic carbocycles. The Bertz CT molecular complexity index is 436. The van der Waals surface area contributed by atoms with Gasteiger partial charge in [0.25, 0.3) is 0 Å². The SMILES string of the molecule is Cn1nccc1CCNCCc1ccccn1. The van der Waals surface area contributed by atoms with Gasteiger partial charge in [-0.15, -0.1) is 0 Å². The van der Waals surface area contributed by atoms with Crippen LogP contribution in [-0.4, -0.2) is 27.9 Å². The maximum atomic E-state index is 4.29. The van der Waals surface area contributed by atoms with Crippen molar-refractivity contribution in [1.82, 2.24) is 20.1 Å². The van der Waals surface area contributed by atoms with Gasteiger partial charge in [0.05, 0.1) is 0 Å². The van der Waals surface area contributed by atoms with Crippen LogP contribution in [0.15, 0.2) is 36.7 Å². The highest BCUT2D eigenvalue weighted by molar-refractivity contribution is 5.04. The third-order valence-electron chi connectivity index (χ3n) is 2.76. The van der Waals surface area contributed by atoms with Gasteiger partial charge < -0.3 is 5.32 Å². The number of nitrogens with one attached hydrogen (secondary N) is 1. The Morgan fingerprint density at radius 1 is 1.12 bits per heavy atom. The van der Waals surface area contributed by atoms with Crippen LogP contribution in [0.1, 0.15) is 11.4 Å². The molecule has 0 amide bonds. The van der Waals surface area contributed by atoms with Crippen molar-refractivity contribution >= 4 is 0 Å². The number of hydrogen-bond donors (Lipinski definition) is 1. The van der Waals surface area contributed by atoms with Crippen LogP contribution in [0, 0.1) is 0 Å². The fourth-order valence-corrected chi connectivity index (χ4v) is 1.75. The van der Waals surface area contributed by atoms with E-state index in [1.54, 1.807) is 0 Å². The lowest BCUT2D eigenvalue weighted by Crippen LogP contribution is -2.21. The molecule has 2 heterocycles. The first-order chi connectivity index (χ1) is 8.36. The van der Waals surface area contributed by atoms with Gasteiger partial charge in [0.1, 0.15) is 0 Å². The Morgan fingerprint density at radius 2 is 2.00 bits per heavy atom. The van der Waals surface area contributed by atoms with E-state index in [0.717, 1.165) is 31.6 Å². The molecule has 4 heteroatoms. The summed E-state index contributed by atoms with van der Waals surface area (Å²) in [5.74, 6) is 0. The molecule has 1 N–H and O–H groups in total. The molecule has 0 spiro atoms. The van der Waals surface area contributed by atoms with E-state index in [0.29, 0.717) is 0 Å². The zero-order valence-electron chi connectivity index (χ0n) is 10.1. The summed E-state index contributed by atoms with van der Waals surface area (Å²) in [5.41, 5.74) is 2.40. The number of rotatable bonds is 6. The number of hydrogen-bond acceptors (Lipinski definition) is 3. The second-order valence-corrected chi connectivity index (χ2v) is 4.02. The van der Waals surface area contributed by atoms with Crippen molar-refractivity contribution in [3.05, 3.63) is 48.0 Å². The standard InChI is InChI=1S/C13H18N4/c1-17-13(7-11-16-17)6-10-14-9-5-12-4-2-3-8-15-12/h2-4,7-8,11,14H,5-6,9-10H2,1H3. The van der Waals surface area contributed by atoms with Gasteiger partial charge in [0.15, 0.2) is 0 Å². The second kappa shape index (κ2) is 6.15. The Hall–Kier alpha value is -1.68. The quantitative estimate of drug-likeness (QED) is 0.758. The van der Waals surface area contributed by atoms with Crippen LogP contribution >= 0.6 is 0 Å². The van der Waals surface area contributed by atoms with Gasteiger partial charge in [-0.3, -0.25) is 9.67 Å². The fraction of sp³-hybridized carbons (Fsp3) is 0.385. The number of aromatic nitrogens is 3. The van der Waals surface area contributed by atoms with Gasteiger partial charge in [-0.05, 0) is 18.2 Å². The molecule has 17 heavy (non-hydrogen) atoms. The molecule has 0 bridgehead atoms. The smallest absolute Gasteiger partial charge is 0.0492 e. The lowest BCUT2D eigenvalue weighted by atomic mass is 10.2. The molecule has 0 aliphatic rings. The minimum Gasteiger partial charge on any atom is -0.316 e. The lowest BCUT2D eigenvalue weighted by molar-refractivity contribution is 0.639. The largest absolute Gasteiger partial charge is 0.316 e. The van der Waals surface area contributed by atoms with Crippen LogP contribution in [0.25, 0.3) is 0 Å². The Labute approximate surface area is 102 Å². The first kappa shape index (κ1) is 11.8. The molecular weight excluding hydrogens is 212 g/mol. The van der Waals surface area contributed by atoms with E-state index in [1.807, 2.05) is 36.3 Å². The van der Waals surface area contributed by atoms with Crippen LogP contribution < -0.4 is 5.32 Å². The summed E-state index contributed by atoms with van der Waals surface area (Å²) in [6.45, 7) is 1.95. The van der Waals surface area contributed by atoms with Crippen LogP contribution in [0.5, 0.6) is 0 Å². The molecule has 2 rings (SSSR count). The average molecular weight is 230 g/mol. The third kappa shape index (κ3) is 3.67. The summed E-state index contributed by atoms with van der Waals surface area (Å²) < 4.78 is 1.92. The van der Waals surface area contributed by atoms with Crippen LogP contribution in [0.2, 0.25) is 0 Å². The van der Waals surface area contributed by atoms with E-state index in [-0.39, 0.29) is 0 Å². The van der Waals surface area contributed by atoms with E-state index in [4.69, 9.17) is 0 Å². The predicted octanol–water partition coefficient (Wildman–Crippen LogP) is 1.19. The third-order valence-corrected chi connectivity index (χ3v) is 2.76. The van der Waals surface area contributed by atoms with Gasteiger partial charge in [0.2, 0.25) is 0 Å². The maximum absolute atomic E-state index is 4.29. The first-order valence-electron chi connectivity index (χ1n) is 5.94. The maximum Gasteiger partial charge on any atom is 0.0492 e. The van der Waals surface area contributed by atoms with Crippen molar-refractivity contribution in [2.45, 2.75) is 12.8 Å². The number of nitrogens with zero attached hydrogens (tertiary/aromatic N) is 3. The van der Waals surface area contributed by atoms with Crippen molar-refractivity contribution in [2.75, 3.05) is 13.1 Å². The molecule has 0 atom stereocenters. The topological polar surface area (TPSA) is 42.7 Å². The first-order valence-corrected chi connectivity index (χ1v) is 5.94. The van der Waals surface area contributed by atoms with Crippen molar-refractivity contribution in [2.24, 2.45) is 7.05 Å². The lowest BCUT2D eigenvalue weighted by Gasteiger charge is -2.04. The summed E-state index contributed by atoms with van der Waals surface area (Å²) in [7, 11) is 1.98. The van der Waals surface area contributed by atoms with Crippen molar-refractivity contribution < 1.29 is 0 Å². The number of aryl methyl sites for hydroxylation is 1. The molecule has 0 fully saturated rings. The molecule has 0 radical (unpaired) electrons. The molecule has 2 aromatic rings. The molecule has 0 saturated carbocycles. The highest BCUT2D eigenvalue weighted by Gasteiger charge is 1.97. The van der Waals surface area contributed by atoms with E-state index in [9.17, 15) is 0 Å². The molecule has 90 valence electrons. The summed E-state index contributed by atoms with van der Waals surface area (Å²) >= 11 is 0. The summed E-state index contributed by atoms with van der Waals surface area (Å²) in [6, 6.07) is 8.08. The second-order valence-electron chi connectivity index (χ2n) is 4.02. The van der Waals surface area contributed by atoms with E-state index < -0.39 is 0 Å². The Kier molecular flexibility index (Phi) is 4.27. The van der Waals surface area contributed by atoms with Crippen molar-refractivity contribution in [3.63, 3.8) is 0 Å². The Morgan fingerprint density at radius 3 is 2.71 bits per heavy atom. The van der Waals surface area contributed by atoms with Gasteiger partial charge in [-0.2, -0.15) is 5.10 Å². The fourth-order valence-electron chi connectivity index (χ4n) is 1.75. The normalized spacial score (nSPS) is 10.6. The van der Waals surface area contributed by atoms with Crippen molar-refractivity contribution in [1.29, 1.82) is 0 Å². The van der Waals surface area contributed by atoms with Gasteiger partial charge in [-0.25, -0.2) is 0 Å². The van der Waals surface area contributed by atoms with E-state index >= 15 is 0 Å². The summed E-state index contributed by atoms with van der Waals surface area (Å²) in [6.07, 6.45) is 5.67. The van der Waals surface area contributed by atoms with Gasteiger partial charge in [0, 0.05) is 56.8 Å². The van der Waals surface area contributed by atoms with Gasteiger partial charge in [-0.1, -0.05) is 6.07 Å². The van der Waals surface area contributed by atoms with E-state index in [2.05, 4.69) is 27.5 Å². The molecule has 2 aromatic heterocycles. The monoisotopic (exact) mass is 230 g/mol. The highest BCUT2D eigenvalue weighted by Crippen LogP contribution is 1.96.